The van der Waals surface area contributed by atoms with Crippen LogP contribution in [0.2, 0.25) is 0 Å². The first-order valence-corrected chi connectivity index (χ1v) is 9.95. The maximum atomic E-state index is 12.8. The SMILES string of the molecule is O=C(Nc1ccc(F)nc1)c1cc2sc(N3CCC(CO)CC3)nc2s1. The molecule has 0 aromatic carbocycles. The van der Waals surface area contributed by atoms with Crippen LogP contribution in [0.3, 0.4) is 0 Å². The molecule has 1 fully saturated rings. The highest BCUT2D eigenvalue weighted by atomic mass is 32.1. The predicted molar refractivity (Wildman–Crippen MR) is 102 cm³/mol. The van der Waals surface area contributed by atoms with Gasteiger partial charge in [-0.2, -0.15) is 4.39 Å². The Kier molecular flexibility index (Phi) is 4.84. The van der Waals surface area contributed by atoms with Crippen molar-refractivity contribution >= 4 is 48.9 Å². The van der Waals surface area contributed by atoms with Gasteiger partial charge in [-0.15, -0.1) is 11.3 Å². The Morgan fingerprint density at radius 3 is 2.81 bits per heavy atom. The molecule has 0 spiro atoms. The second kappa shape index (κ2) is 7.26. The molecule has 0 radical (unpaired) electrons. The van der Waals surface area contributed by atoms with E-state index >= 15 is 0 Å². The molecule has 26 heavy (non-hydrogen) atoms. The molecule has 1 amide bonds. The fraction of sp³-hybridized carbons (Fsp3) is 0.353. The van der Waals surface area contributed by atoms with E-state index < -0.39 is 5.95 Å². The number of thiophene rings is 1. The molecule has 6 nitrogen and oxygen atoms in total. The molecule has 4 rings (SSSR count). The molecule has 1 aliphatic heterocycles. The molecule has 2 N–H and O–H groups in total. The number of piperidine rings is 1. The second-order valence-electron chi connectivity index (χ2n) is 6.21. The summed E-state index contributed by atoms with van der Waals surface area (Å²) in [4.78, 5) is 24.2. The zero-order valence-electron chi connectivity index (χ0n) is 13.8. The monoisotopic (exact) mass is 392 g/mol. The van der Waals surface area contributed by atoms with E-state index in [-0.39, 0.29) is 12.5 Å². The van der Waals surface area contributed by atoms with Gasteiger partial charge in [-0.05, 0) is 37.0 Å². The summed E-state index contributed by atoms with van der Waals surface area (Å²) < 4.78 is 13.8. The highest BCUT2D eigenvalue weighted by Gasteiger charge is 2.22. The lowest BCUT2D eigenvalue weighted by molar-refractivity contribution is 0.103. The van der Waals surface area contributed by atoms with Gasteiger partial charge in [0.2, 0.25) is 5.95 Å². The van der Waals surface area contributed by atoms with Crippen LogP contribution < -0.4 is 10.2 Å². The zero-order valence-corrected chi connectivity index (χ0v) is 15.4. The number of nitrogens with one attached hydrogen (secondary N) is 1. The number of amides is 1. The van der Waals surface area contributed by atoms with E-state index in [0.29, 0.717) is 16.5 Å². The molecule has 0 aliphatic carbocycles. The van der Waals surface area contributed by atoms with Gasteiger partial charge in [0.05, 0.1) is 21.5 Å². The Bertz CT molecular complexity index is 885. The van der Waals surface area contributed by atoms with Crippen LogP contribution in [0.5, 0.6) is 0 Å². The number of aliphatic hydroxyl groups excluding tert-OH is 1. The lowest BCUT2D eigenvalue weighted by Crippen LogP contribution is -2.34. The zero-order chi connectivity index (χ0) is 18.1. The molecule has 1 saturated heterocycles. The third-order valence-corrected chi connectivity index (χ3v) is 6.65. The molecule has 0 saturated carbocycles. The predicted octanol–water partition coefficient (Wildman–Crippen LogP) is 3.35. The number of hydrogen-bond acceptors (Lipinski definition) is 7. The topological polar surface area (TPSA) is 78.4 Å². The standard InChI is InChI=1S/C17H17FN4O2S2/c18-14-2-1-11(8-19-14)20-15(24)12-7-13-16(25-12)21-17(26-13)22-5-3-10(9-23)4-6-22/h1-2,7-8,10,23H,3-6,9H2,(H,20,24). The smallest absolute Gasteiger partial charge is 0.265 e. The third-order valence-electron chi connectivity index (χ3n) is 4.43. The van der Waals surface area contributed by atoms with Crippen molar-refractivity contribution in [3.05, 3.63) is 35.2 Å². The summed E-state index contributed by atoms with van der Waals surface area (Å²) in [5.74, 6) is -0.443. The molecule has 4 heterocycles. The summed E-state index contributed by atoms with van der Waals surface area (Å²) in [7, 11) is 0. The Balaban J connectivity index is 1.46. The van der Waals surface area contributed by atoms with E-state index in [1.165, 1.54) is 29.7 Å². The number of aromatic nitrogens is 2. The number of carbonyl (C=O) groups excluding carboxylic acids is 1. The lowest BCUT2D eigenvalue weighted by atomic mass is 9.98. The van der Waals surface area contributed by atoms with Crippen LogP contribution in [-0.4, -0.2) is 40.7 Å². The lowest BCUT2D eigenvalue weighted by Gasteiger charge is -2.30. The summed E-state index contributed by atoms with van der Waals surface area (Å²) >= 11 is 2.92. The molecular weight excluding hydrogens is 375 g/mol. The van der Waals surface area contributed by atoms with Gasteiger partial charge in [0.25, 0.3) is 5.91 Å². The first-order chi connectivity index (χ1) is 12.6. The maximum Gasteiger partial charge on any atom is 0.265 e. The van der Waals surface area contributed by atoms with Gasteiger partial charge in [0, 0.05) is 19.7 Å². The minimum atomic E-state index is -0.584. The molecule has 3 aromatic rings. The Labute approximate surface area is 157 Å². The fourth-order valence-electron chi connectivity index (χ4n) is 2.92. The van der Waals surface area contributed by atoms with Crippen molar-refractivity contribution in [1.82, 2.24) is 9.97 Å². The van der Waals surface area contributed by atoms with Crippen LogP contribution in [0.25, 0.3) is 9.53 Å². The normalized spacial score (nSPS) is 15.5. The van der Waals surface area contributed by atoms with Crippen LogP contribution in [0.1, 0.15) is 22.5 Å². The molecule has 1 aliphatic rings. The number of pyridine rings is 1. The van der Waals surface area contributed by atoms with E-state index in [0.717, 1.165) is 40.6 Å². The largest absolute Gasteiger partial charge is 0.396 e. The molecule has 3 aromatic heterocycles. The summed E-state index contributed by atoms with van der Waals surface area (Å²) in [6.45, 7) is 2.05. The van der Waals surface area contributed by atoms with Gasteiger partial charge >= 0.3 is 0 Å². The molecule has 0 atom stereocenters. The molecule has 0 bridgehead atoms. The Morgan fingerprint density at radius 1 is 1.35 bits per heavy atom. The number of carbonyl (C=O) groups is 1. The molecule has 0 unspecified atom stereocenters. The van der Waals surface area contributed by atoms with Crippen molar-refractivity contribution in [2.24, 2.45) is 5.92 Å². The van der Waals surface area contributed by atoms with Crippen molar-refractivity contribution in [1.29, 1.82) is 0 Å². The van der Waals surface area contributed by atoms with Crippen molar-refractivity contribution in [3.8, 4) is 0 Å². The number of anilines is 2. The van der Waals surface area contributed by atoms with Crippen LogP contribution >= 0.6 is 22.7 Å². The quantitative estimate of drug-likeness (QED) is 0.666. The Hall–Kier alpha value is -2.10. The number of hydrogen-bond donors (Lipinski definition) is 2. The number of aliphatic hydroxyl groups is 1. The molecule has 136 valence electrons. The first kappa shape index (κ1) is 17.3. The average molecular weight is 392 g/mol. The van der Waals surface area contributed by atoms with Crippen molar-refractivity contribution in [3.63, 3.8) is 0 Å². The van der Waals surface area contributed by atoms with Crippen molar-refractivity contribution in [2.75, 3.05) is 29.9 Å². The number of fused-ring (bicyclic) bond motifs is 1. The van der Waals surface area contributed by atoms with E-state index in [4.69, 9.17) is 0 Å². The van der Waals surface area contributed by atoms with Crippen molar-refractivity contribution in [2.45, 2.75) is 12.8 Å². The highest BCUT2D eigenvalue weighted by Crippen LogP contribution is 2.36. The van der Waals surface area contributed by atoms with E-state index in [1.807, 2.05) is 6.07 Å². The maximum absolute atomic E-state index is 12.8. The number of nitrogens with zero attached hydrogens (tertiary/aromatic N) is 3. The fourth-order valence-corrected chi connectivity index (χ4v) is 5.08. The van der Waals surface area contributed by atoms with Gasteiger partial charge in [0.15, 0.2) is 5.13 Å². The van der Waals surface area contributed by atoms with Crippen LogP contribution in [0, 0.1) is 11.9 Å². The summed E-state index contributed by atoms with van der Waals surface area (Å²) in [5.41, 5.74) is 0.452. The van der Waals surface area contributed by atoms with Gasteiger partial charge in [-0.3, -0.25) is 4.79 Å². The number of halogens is 1. The molecule has 9 heteroatoms. The molecular formula is C17H17FN4O2S2. The number of thiazole rings is 1. The first-order valence-electron chi connectivity index (χ1n) is 8.31. The minimum absolute atomic E-state index is 0.251. The van der Waals surface area contributed by atoms with E-state index in [9.17, 15) is 14.3 Å². The van der Waals surface area contributed by atoms with E-state index in [1.54, 1.807) is 11.3 Å². The summed E-state index contributed by atoms with van der Waals surface area (Å²) in [6.07, 6.45) is 3.24. The van der Waals surface area contributed by atoms with Crippen LogP contribution in [0.4, 0.5) is 15.2 Å². The van der Waals surface area contributed by atoms with Crippen LogP contribution in [-0.2, 0) is 0 Å². The van der Waals surface area contributed by atoms with Gasteiger partial charge in [-0.25, -0.2) is 9.97 Å². The minimum Gasteiger partial charge on any atom is -0.396 e. The van der Waals surface area contributed by atoms with Crippen molar-refractivity contribution < 1.29 is 14.3 Å². The van der Waals surface area contributed by atoms with Crippen LogP contribution in [0.15, 0.2) is 24.4 Å². The Morgan fingerprint density at radius 2 is 2.15 bits per heavy atom. The third kappa shape index (κ3) is 3.55. The number of rotatable bonds is 4. The van der Waals surface area contributed by atoms with Gasteiger partial charge in [0.1, 0.15) is 4.83 Å². The van der Waals surface area contributed by atoms with E-state index in [2.05, 4.69) is 20.2 Å². The van der Waals surface area contributed by atoms with Gasteiger partial charge in [-0.1, -0.05) is 11.3 Å². The summed E-state index contributed by atoms with van der Waals surface area (Å²) in [5, 5.41) is 12.9. The second-order valence-corrected chi connectivity index (χ2v) is 8.25. The van der Waals surface area contributed by atoms with Gasteiger partial charge < -0.3 is 15.3 Å². The average Bonchev–Trinajstić information content (AvgIpc) is 3.23. The summed E-state index contributed by atoms with van der Waals surface area (Å²) in [6, 6.07) is 4.52. The highest BCUT2D eigenvalue weighted by molar-refractivity contribution is 7.29.